The summed E-state index contributed by atoms with van der Waals surface area (Å²) in [4.78, 5) is 13.7. The van der Waals surface area contributed by atoms with Crippen LogP contribution in [-0.2, 0) is 0 Å². The molecule has 0 aliphatic carbocycles. The van der Waals surface area contributed by atoms with Crippen molar-refractivity contribution in [1.82, 2.24) is 4.90 Å². The molecular formula is C14H12F3NO2S. The van der Waals surface area contributed by atoms with Crippen molar-refractivity contribution in [2.24, 2.45) is 0 Å². The molecule has 0 aliphatic rings. The average molecular weight is 315 g/mol. The molecule has 0 radical (unpaired) electrons. The first-order valence-corrected chi connectivity index (χ1v) is 6.90. The summed E-state index contributed by atoms with van der Waals surface area (Å²) in [5.41, 5.74) is -0.574. The second-order valence-electron chi connectivity index (χ2n) is 4.44. The molecule has 0 saturated carbocycles. The fraction of sp³-hybridized carbons (Fsp3) is 0.214. The number of aliphatic hydroxyl groups excluding tert-OH is 1. The molecule has 21 heavy (non-hydrogen) atoms. The highest BCUT2D eigenvalue weighted by Crippen LogP contribution is 2.21. The van der Waals surface area contributed by atoms with Gasteiger partial charge in [0.2, 0.25) is 0 Å². The van der Waals surface area contributed by atoms with Crippen LogP contribution < -0.4 is 0 Å². The lowest BCUT2D eigenvalue weighted by Crippen LogP contribution is -2.31. The SMILES string of the molecule is CN(CC(O)c1cccs1)C(=O)c1ccc(F)c(F)c1F. The van der Waals surface area contributed by atoms with Gasteiger partial charge in [0.05, 0.1) is 12.1 Å². The van der Waals surface area contributed by atoms with Crippen molar-refractivity contribution in [3.05, 3.63) is 57.5 Å². The summed E-state index contributed by atoms with van der Waals surface area (Å²) >= 11 is 1.32. The largest absolute Gasteiger partial charge is 0.386 e. The normalized spacial score (nSPS) is 12.2. The summed E-state index contributed by atoms with van der Waals surface area (Å²) < 4.78 is 39.5. The molecule has 1 unspecified atom stereocenters. The molecule has 2 aromatic rings. The van der Waals surface area contributed by atoms with Crippen molar-refractivity contribution < 1.29 is 23.1 Å². The number of thiophene rings is 1. The number of hydrogen-bond donors (Lipinski definition) is 1. The Bertz CT molecular complexity index is 646. The Morgan fingerprint density at radius 3 is 2.62 bits per heavy atom. The number of rotatable bonds is 4. The minimum Gasteiger partial charge on any atom is -0.386 e. The standard InChI is InChI=1S/C14H12F3NO2S/c1-18(7-10(19)11-3-2-6-21-11)14(20)8-4-5-9(15)13(17)12(8)16/h2-6,10,19H,7H2,1H3. The first kappa shape index (κ1) is 15.5. The minimum atomic E-state index is -1.69. The molecule has 0 spiro atoms. The molecule has 2 rings (SSSR count). The van der Waals surface area contributed by atoms with Crippen molar-refractivity contribution in [2.45, 2.75) is 6.10 Å². The number of nitrogens with zero attached hydrogens (tertiary/aromatic N) is 1. The minimum absolute atomic E-state index is 0.0855. The van der Waals surface area contributed by atoms with Crippen LogP contribution in [0.25, 0.3) is 0 Å². The van der Waals surface area contributed by atoms with Gasteiger partial charge in [0.25, 0.3) is 5.91 Å². The van der Waals surface area contributed by atoms with Crippen molar-refractivity contribution in [2.75, 3.05) is 13.6 Å². The second kappa shape index (κ2) is 6.28. The van der Waals surface area contributed by atoms with Gasteiger partial charge in [-0.25, -0.2) is 13.2 Å². The predicted molar refractivity (Wildman–Crippen MR) is 72.6 cm³/mol. The van der Waals surface area contributed by atoms with Gasteiger partial charge < -0.3 is 10.0 Å². The zero-order chi connectivity index (χ0) is 15.6. The molecule has 1 atom stereocenters. The monoisotopic (exact) mass is 315 g/mol. The van der Waals surface area contributed by atoms with Crippen LogP contribution in [0.1, 0.15) is 21.3 Å². The van der Waals surface area contributed by atoms with E-state index >= 15 is 0 Å². The van der Waals surface area contributed by atoms with Gasteiger partial charge >= 0.3 is 0 Å². The van der Waals surface area contributed by atoms with E-state index in [1.165, 1.54) is 18.4 Å². The number of carbonyl (C=O) groups excluding carboxylic acids is 1. The van der Waals surface area contributed by atoms with E-state index in [-0.39, 0.29) is 6.54 Å². The van der Waals surface area contributed by atoms with Crippen LogP contribution in [0.15, 0.2) is 29.6 Å². The predicted octanol–water partition coefficient (Wildman–Crippen LogP) is 2.97. The highest BCUT2D eigenvalue weighted by molar-refractivity contribution is 7.10. The zero-order valence-corrected chi connectivity index (χ0v) is 11.8. The molecular weight excluding hydrogens is 303 g/mol. The van der Waals surface area contributed by atoms with Crippen molar-refractivity contribution >= 4 is 17.2 Å². The Labute approximate surface area is 123 Å². The van der Waals surface area contributed by atoms with Gasteiger partial charge in [-0.05, 0) is 23.6 Å². The van der Waals surface area contributed by atoms with Crippen LogP contribution in [-0.4, -0.2) is 29.5 Å². The van der Waals surface area contributed by atoms with Gasteiger partial charge in [-0.15, -0.1) is 11.3 Å². The fourth-order valence-corrected chi connectivity index (χ4v) is 2.51. The lowest BCUT2D eigenvalue weighted by Gasteiger charge is -2.20. The van der Waals surface area contributed by atoms with Crippen molar-refractivity contribution in [3.63, 3.8) is 0 Å². The average Bonchev–Trinajstić information content (AvgIpc) is 2.98. The van der Waals surface area contributed by atoms with Gasteiger partial charge in [0, 0.05) is 11.9 Å². The van der Waals surface area contributed by atoms with E-state index in [0.717, 1.165) is 11.0 Å². The Hall–Kier alpha value is -1.86. The van der Waals surface area contributed by atoms with Crippen LogP contribution >= 0.6 is 11.3 Å². The summed E-state index contributed by atoms with van der Waals surface area (Å²) in [5.74, 6) is -5.40. The van der Waals surface area contributed by atoms with Crippen LogP contribution in [0, 0.1) is 17.5 Å². The van der Waals surface area contributed by atoms with E-state index in [9.17, 15) is 23.1 Å². The first-order chi connectivity index (χ1) is 9.91. The third-order valence-electron chi connectivity index (χ3n) is 2.93. The molecule has 1 N–H and O–H groups in total. The number of amides is 1. The van der Waals surface area contributed by atoms with Crippen LogP contribution in [0.5, 0.6) is 0 Å². The maximum Gasteiger partial charge on any atom is 0.256 e. The van der Waals surface area contributed by atoms with Crippen molar-refractivity contribution in [3.8, 4) is 0 Å². The van der Waals surface area contributed by atoms with Crippen LogP contribution in [0.2, 0.25) is 0 Å². The van der Waals surface area contributed by atoms with Gasteiger partial charge in [0.15, 0.2) is 17.5 Å². The first-order valence-electron chi connectivity index (χ1n) is 6.02. The fourth-order valence-electron chi connectivity index (χ4n) is 1.81. The Morgan fingerprint density at radius 2 is 2.00 bits per heavy atom. The van der Waals surface area contributed by atoms with E-state index in [1.54, 1.807) is 17.5 Å². The van der Waals surface area contributed by atoms with Crippen LogP contribution in [0.3, 0.4) is 0 Å². The molecule has 7 heteroatoms. The Morgan fingerprint density at radius 1 is 1.29 bits per heavy atom. The number of benzene rings is 1. The Balaban J connectivity index is 2.14. The maximum atomic E-state index is 13.6. The molecule has 3 nitrogen and oxygen atoms in total. The number of aliphatic hydroxyl groups is 1. The summed E-state index contributed by atoms with van der Waals surface area (Å²) in [6, 6.07) is 5.02. The van der Waals surface area contributed by atoms with E-state index in [4.69, 9.17) is 0 Å². The van der Waals surface area contributed by atoms with E-state index in [0.29, 0.717) is 10.9 Å². The van der Waals surface area contributed by atoms with E-state index in [1.807, 2.05) is 0 Å². The molecule has 1 aromatic carbocycles. The number of halogens is 3. The molecule has 1 aromatic heterocycles. The molecule has 112 valence electrons. The highest BCUT2D eigenvalue weighted by Gasteiger charge is 2.23. The third kappa shape index (κ3) is 3.25. The number of hydrogen-bond acceptors (Lipinski definition) is 3. The molecule has 0 aliphatic heterocycles. The highest BCUT2D eigenvalue weighted by atomic mass is 32.1. The summed E-state index contributed by atoms with van der Waals surface area (Å²) in [6.07, 6.45) is -0.924. The van der Waals surface area contributed by atoms with Gasteiger partial charge in [0.1, 0.15) is 6.10 Å². The molecule has 0 saturated heterocycles. The second-order valence-corrected chi connectivity index (χ2v) is 5.42. The summed E-state index contributed by atoms with van der Waals surface area (Å²) in [6.45, 7) is -0.0855. The lowest BCUT2D eigenvalue weighted by atomic mass is 10.1. The molecule has 0 fully saturated rings. The van der Waals surface area contributed by atoms with E-state index in [2.05, 4.69) is 0 Å². The summed E-state index contributed by atoms with van der Waals surface area (Å²) in [5, 5.41) is 11.7. The topological polar surface area (TPSA) is 40.5 Å². The molecule has 1 heterocycles. The smallest absolute Gasteiger partial charge is 0.256 e. The summed E-state index contributed by atoms with van der Waals surface area (Å²) in [7, 11) is 1.35. The van der Waals surface area contributed by atoms with E-state index < -0.39 is 35.0 Å². The number of likely N-dealkylation sites (N-methyl/N-ethyl adjacent to an activating group) is 1. The lowest BCUT2D eigenvalue weighted by molar-refractivity contribution is 0.0680. The third-order valence-corrected chi connectivity index (χ3v) is 3.90. The van der Waals surface area contributed by atoms with Gasteiger partial charge in [-0.1, -0.05) is 6.07 Å². The Kier molecular flexibility index (Phi) is 4.64. The molecule has 1 amide bonds. The van der Waals surface area contributed by atoms with Crippen LogP contribution in [0.4, 0.5) is 13.2 Å². The zero-order valence-electron chi connectivity index (χ0n) is 11.0. The van der Waals surface area contributed by atoms with Crippen molar-refractivity contribution in [1.29, 1.82) is 0 Å². The number of carbonyl (C=O) groups is 1. The maximum absolute atomic E-state index is 13.6. The quantitative estimate of drug-likeness (QED) is 0.881. The molecule has 0 bridgehead atoms. The van der Waals surface area contributed by atoms with Gasteiger partial charge in [-0.2, -0.15) is 0 Å². The van der Waals surface area contributed by atoms with Gasteiger partial charge in [-0.3, -0.25) is 4.79 Å².